The van der Waals surface area contributed by atoms with E-state index in [1.165, 1.54) is 0 Å². The molecule has 0 saturated carbocycles. The highest BCUT2D eigenvalue weighted by molar-refractivity contribution is 5.86. The minimum atomic E-state index is -0.686. The quantitative estimate of drug-likeness (QED) is 0.487. The van der Waals surface area contributed by atoms with Gasteiger partial charge >= 0.3 is 0 Å². The third kappa shape index (κ3) is 7.22. The monoisotopic (exact) mass is 529 g/mol. The molecule has 3 saturated heterocycles. The number of nitrogens with one attached hydrogen (secondary N) is 1. The van der Waals surface area contributed by atoms with E-state index in [2.05, 4.69) is 21.2 Å². The minimum Gasteiger partial charge on any atom is -0.495 e. The van der Waals surface area contributed by atoms with Crippen molar-refractivity contribution in [3.63, 3.8) is 0 Å². The van der Waals surface area contributed by atoms with E-state index in [-0.39, 0.29) is 56.0 Å². The van der Waals surface area contributed by atoms with E-state index in [1.54, 1.807) is 7.11 Å². The Labute approximate surface area is 215 Å². The van der Waals surface area contributed by atoms with Gasteiger partial charge < -0.3 is 34.6 Å². The summed E-state index contributed by atoms with van der Waals surface area (Å²) in [7, 11) is 1.70. The molecule has 8 nitrogen and oxygen atoms in total. The summed E-state index contributed by atoms with van der Waals surface area (Å²) in [5.41, 5.74) is 1.11. The predicted octanol–water partition coefficient (Wildman–Crippen LogP) is 1.34. The lowest BCUT2D eigenvalue weighted by atomic mass is 10.0. The first kappa shape index (κ1) is 30.5. The van der Waals surface area contributed by atoms with Gasteiger partial charge in [0.05, 0.1) is 31.5 Å². The fraction of sp³-hybridized carbons (Fsp3) is 0.727. The summed E-state index contributed by atoms with van der Waals surface area (Å²) in [6.07, 6.45) is 0.651. The molecule has 0 spiro atoms. The van der Waals surface area contributed by atoms with Crippen molar-refractivity contribution >= 4 is 42.9 Å². The zero-order valence-electron chi connectivity index (χ0n) is 19.0. The number of benzene rings is 1. The lowest BCUT2D eigenvalue weighted by molar-refractivity contribution is -0.0229. The van der Waals surface area contributed by atoms with Crippen molar-refractivity contribution < 1.29 is 24.4 Å². The standard InChI is InChI=1S/C22H35N3O5.3ClH/c1-28-18-5-3-2-4-17(18)24-8-10-25(11-9-24)21-19(30-20(15-26)22(21)27)14-23-16-6-12-29-13-7-16;;;/h2-5,16,19-23,26-27H,6-15H2,1H3;3*1H/t19-,20+,21+,22-;;;/m1.../s1. The Hall–Kier alpha value is -0.550. The predicted molar refractivity (Wildman–Crippen MR) is 136 cm³/mol. The molecule has 11 heteroatoms. The molecule has 0 aromatic heterocycles. The van der Waals surface area contributed by atoms with Crippen LogP contribution in [0, 0.1) is 0 Å². The molecule has 0 aliphatic carbocycles. The number of anilines is 1. The molecule has 1 aromatic carbocycles. The Morgan fingerprint density at radius 3 is 2.33 bits per heavy atom. The third-order valence-corrected chi connectivity index (χ3v) is 6.63. The van der Waals surface area contributed by atoms with Gasteiger partial charge in [0, 0.05) is 52.0 Å². The molecule has 3 heterocycles. The Balaban J connectivity index is 0.00000181. The normalized spacial score (nSPS) is 28.4. The van der Waals surface area contributed by atoms with Crippen molar-refractivity contribution in [2.24, 2.45) is 0 Å². The number of aliphatic hydroxyl groups is 2. The van der Waals surface area contributed by atoms with Gasteiger partial charge in [-0.2, -0.15) is 0 Å². The van der Waals surface area contributed by atoms with Crippen LogP contribution in [0.2, 0.25) is 0 Å². The summed E-state index contributed by atoms with van der Waals surface area (Å²) >= 11 is 0. The molecular weight excluding hydrogens is 493 g/mol. The van der Waals surface area contributed by atoms with Gasteiger partial charge in [0.25, 0.3) is 0 Å². The maximum absolute atomic E-state index is 10.9. The number of rotatable bonds is 7. The van der Waals surface area contributed by atoms with Crippen LogP contribution in [0.3, 0.4) is 0 Å². The van der Waals surface area contributed by atoms with E-state index in [1.807, 2.05) is 18.2 Å². The van der Waals surface area contributed by atoms with Crippen molar-refractivity contribution in [2.75, 3.05) is 64.6 Å². The minimum absolute atomic E-state index is 0. The largest absolute Gasteiger partial charge is 0.495 e. The number of aliphatic hydroxyl groups excluding tert-OH is 2. The van der Waals surface area contributed by atoms with E-state index < -0.39 is 12.2 Å². The van der Waals surface area contributed by atoms with Gasteiger partial charge in [0.1, 0.15) is 18.0 Å². The molecule has 0 radical (unpaired) electrons. The van der Waals surface area contributed by atoms with Crippen molar-refractivity contribution in [3.05, 3.63) is 24.3 Å². The van der Waals surface area contributed by atoms with Gasteiger partial charge in [-0.25, -0.2) is 0 Å². The fourth-order valence-electron chi connectivity index (χ4n) is 4.93. The van der Waals surface area contributed by atoms with E-state index in [4.69, 9.17) is 14.2 Å². The number of para-hydroxylation sites is 2. The molecule has 0 amide bonds. The van der Waals surface area contributed by atoms with E-state index in [9.17, 15) is 10.2 Å². The second-order valence-electron chi connectivity index (χ2n) is 8.37. The highest BCUT2D eigenvalue weighted by Gasteiger charge is 2.46. The van der Waals surface area contributed by atoms with Crippen LogP contribution in [0.4, 0.5) is 5.69 Å². The summed E-state index contributed by atoms with van der Waals surface area (Å²) in [5, 5.41) is 24.1. The van der Waals surface area contributed by atoms with Gasteiger partial charge in [-0.3, -0.25) is 4.90 Å². The molecule has 1 aromatic rings. The molecule has 4 atom stereocenters. The van der Waals surface area contributed by atoms with Crippen molar-refractivity contribution in [1.82, 2.24) is 10.2 Å². The molecule has 192 valence electrons. The number of ether oxygens (including phenoxy) is 3. The Morgan fingerprint density at radius 1 is 1.03 bits per heavy atom. The highest BCUT2D eigenvalue weighted by Crippen LogP contribution is 2.31. The maximum Gasteiger partial charge on any atom is 0.142 e. The first-order valence-corrected chi connectivity index (χ1v) is 11.1. The van der Waals surface area contributed by atoms with Gasteiger partial charge in [-0.1, -0.05) is 12.1 Å². The molecular formula is C22H38Cl3N3O5. The number of nitrogens with zero attached hydrogens (tertiary/aromatic N) is 2. The van der Waals surface area contributed by atoms with Gasteiger partial charge in [0.2, 0.25) is 0 Å². The van der Waals surface area contributed by atoms with Crippen LogP contribution in [0.15, 0.2) is 24.3 Å². The lowest BCUT2D eigenvalue weighted by Gasteiger charge is -2.41. The van der Waals surface area contributed by atoms with Gasteiger partial charge in [-0.15, -0.1) is 37.2 Å². The molecule has 3 aliphatic rings. The van der Waals surface area contributed by atoms with Crippen LogP contribution in [-0.2, 0) is 9.47 Å². The smallest absolute Gasteiger partial charge is 0.142 e. The zero-order chi connectivity index (χ0) is 20.9. The summed E-state index contributed by atoms with van der Waals surface area (Å²) in [5.74, 6) is 0.883. The van der Waals surface area contributed by atoms with Crippen LogP contribution >= 0.6 is 37.2 Å². The zero-order valence-corrected chi connectivity index (χ0v) is 21.5. The molecule has 0 bridgehead atoms. The molecule has 3 fully saturated rings. The summed E-state index contributed by atoms with van der Waals surface area (Å²) in [6.45, 7) is 5.46. The lowest BCUT2D eigenvalue weighted by Crippen LogP contribution is -2.57. The number of piperazine rings is 1. The number of methoxy groups -OCH3 is 1. The molecule has 0 unspecified atom stereocenters. The number of hydrogen-bond acceptors (Lipinski definition) is 8. The average Bonchev–Trinajstić information content (AvgIpc) is 3.13. The van der Waals surface area contributed by atoms with Crippen LogP contribution in [0.1, 0.15) is 12.8 Å². The SMILES string of the molecule is COc1ccccc1N1CCN([C@@H]2[C@H](O)[C@H](CO)O[C@@H]2CNC2CCOCC2)CC1.Cl.Cl.Cl. The maximum atomic E-state index is 10.9. The number of hydrogen-bond donors (Lipinski definition) is 3. The first-order chi connectivity index (χ1) is 14.7. The van der Waals surface area contributed by atoms with Crippen LogP contribution in [-0.4, -0.2) is 105 Å². The molecule has 3 N–H and O–H groups in total. The first-order valence-electron chi connectivity index (χ1n) is 11.1. The number of halogens is 3. The van der Waals surface area contributed by atoms with Crippen molar-refractivity contribution in [1.29, 1.82) is 0 Å². The van der Waals surface area contributed by atoms with Crippen LogP contribution in [0.5, 0.6) is 5.75 Å². The van der Waals surface area contributed by atoms with Crippen LogP contribution in [0.25, 0.3) is 0 Å². The fourth-order valence-corrected chi connectivity index (χ4v) is 4.93. The summed E-state index contributed by atoms with van der Waals surface area (Å²) in [6, 6.07) is 8.40. The van der Waals surface area contributed by atoms with E-state index in [0.717, 1.165) is 63.7 Å². The average molecular weight is 531 g/mol. The van der Waals surface area contributed by atoms with E-state index >= 15 is 0 Å². The Bertz CT molecular complexity index is 678. The second-order valence-corrected chi connectivity index (χ2v) is 8.37. The van der Waals surface area contributed by atoms with Crippen molar-refractivity contribution in [3.8, 4) is 5.75 Å². The Kier molecular flexibility index (Phi) is 13.6. The third-order valence-electron chi connectivity index (χ3n) is 6.63. The summed E-state index contributed by atoms with van der Waals surface area (Å²) < 4.78 is 17.0. The van der Waals surface area contributed by atoms with E-state index in [0.29, 0.717) is 12.6 Å². The Morgan fingerprint density at radius 2 is 1.70 bits per heavy atom. The highest BCUT2D eigenvalue weighted by atomic mass is 35.5. The molecule has 33 heavy (non-hydrogen) atoms. The van der Waals surface area contributed by atoms with Gasteiger partial charge in [0.15, 0.2) is 0 Å². The molecule has 4 rings (SSSR count). The molecule has 3 aliphatic heterocycles. The van der Waals surface area contributed by atoms with Crippen molar-refractivity contribution in [2.45, 2.75) is 43.2 Å². The van der Waals surface area contributed by atoms with Gasteiger partial charge in [-0.05, 0) is 25.0 Å². The topological polar surface area (TPSA) is 86.7 Å². The second kappa shape index (κ2) is 14.8. The van der Waals surface area contributed by atoms with Crippen LogP contribution < -0.4 is 15.0 Å². The summed E-state index contributed by atoms with van der Waals surface area (Å²) in [4.78, 5) is 4.65.